The average Bonchev–Trinajstić information content (AvgIpc) is 2.78. The van der Waals surface area contributed by atoms with Crippen LogP contribution < -0.4 is 0 Å². The standard InChI is InChI=1S/C21H27F7O9S/c1-3-12-7-11-8-13(15(12)29)10-14(9-11)16(30)37-19(20(24,25)26,17(31)35-4-2)36-6-5-18(22,23)21(27,28)38(32,33)34/h11-14H,3-10H2,1-2H3,(H,32,33,34). The first-order valence-electron chi connectivity index (χ1n) is 11.6. The molecule has 9 nitrogen and oxygen atoms in total. The SMILES string of the molecule is CCOC(=O)C(OCCC(F)(F)C(F)(F)S(=O)(=O)O)(OC(=O)C1CC2CC(CC)C(=O)C(C2)C1)C(F)(F)F. The number of hydrogen-bond donors (Lipinski definition) is 1. The lowest BCUT2D eigenvalue weighted by molar-refractivity contribution is -0.359. The lowest BCUT2D eigenvalue weighted by Crippen LogP contribution is -2.59. The van der Waals surface area contributed by atoms with Gasteiger partial charge in [0.15, 0.2) is 0 Å². The summed E-state index contributed by atoms with van der Waals surface area (Å²) in [6.07, 6.45) is -7.26. The van der Waals surface area contributed by atoms with Gasteiger partial charge in [-0.05, 0) is 44.9 Å². The van der Waals surface area contributed by atoms with Crippen LogP contribution in [0.1, 0.15) is 52.4 Å². The number of fused-ring (bicyclic) bond motifs is 2. The van der Waals surface area contributed by atoms with E-state index in [1.54, 1.807) is 6.92 Å². The number of halogens is 7. The summed E-state index contributed by atoms with van der Waals surface area (Å²) in [5.74, 6) is -17.0. The van der Waals surface area contributed by atoms with Gasteiger partial charge in [0.05, 0.1) is 19.1 Å². The molecule has 0 aromatic rings. The van der Waals surface area contributed by atoms with Crippen molar-refractivity contribution in [1.82, 2.24) is 0 Å². The van der Waals surface area contributed by atoms with E-state index in [0.29, 0.717) is 19.3 Å². The molecule has 2 rings (SSSR count). The molecule has 2 saturated carbocycles. The first-order valence-corrected chi connectivity index (χ1v) is 13.0. The zero-order valence-corrected chi connectivity index (χ0v) is 21.0. The van der Waals surface area contributed by atoms with Crippen molar-refractivity contribution in [3.63, 3.8) is 0 Å². The van der Waals surface area contributed by atoms with Crippen molar-refractivity contribution < 1.29 is 72.3 Å². The minimum absolute atomic E-state index is 0.00846. The van der Waals surface area contributed by atoms with Gasteiger partial charge in [0.2, 0.25) is 0 Å². The van der Waals surface area contributed by atoms with Crippen LogP contribution >= 0.6 is 0 Å². The molecule has 2 aliphatic rings. The monoisotopic (exact) mass is 588 g/mol. The third kappa shape index (κ3) is 6.24. The quantitative estimate of drug-likeness (QED) is 0.165. The highest BCUT2D eigenvalue weighted by Crippen LogP contribution is 2.46. The van der Waals surface area contributed by atoms with E-state index in [2.05, 4.69) is 14.2 Å². The molecule has 0 saturated heterocycles. The van der Waals surface area contributed by atoms with Crippen molar-refractivity contribution in [2.24, 2.45) is 23.7 Å². The maximum atomic E-state index is 14.1. The van der Waals surface area contributed by atoms with Gasteiger partial charge in [0.25, 0.3) is 0 Å². The van der Waals surface area contributed by atoms with Gasteiger partial charge in [0.1, 0.15) is 5.78 Å². The van der Waals surface area contributed by atoms with Crippen LogP contribution in [0.2, 0.25) is 0 Å². The summed E-state index contributed by atoms with van der Waals surface area (Å²) in [6, 6.07) is 0. The van der Waals surface area contributed by atoms with E-state index < -0.39 is 76.7 Å². The molecule has 17 heteroatoms. The Morgan fingerprint density at radius 2 is 1.61 bits per heavy atom. The summed E-state index contributed by atoms with van der Waals surface area (Å²) in [5.41, 5.74) is 0. The molecular weight excluding hydrogens is 561 g/mol. The average molecular weight is 588 g/mol. The van der Waals surface area contributed by atoms with Gasteiger partial charge >= 0.3 is 45.2 Å². The second kappa shape index (κ2) is 11.2. The maximum absolute atomic E-state index is 14.1. The van der Waals surface area contributed by atoms with E-state index in [1.807, 2.05) is 0 Å². The Morgan fingerprint density at radius 3 is 2.11 bits per heavy atom. The Balaban J connectivity index is 2.31. The molecule has 38 heavy (non-hydrogen) atoms. The molecule has 0 amide bonds. The third-order valence-electron chi connectivity index (χ3n) is 6.69. The normalized spacial score (nSPS) is 26.4. The third-order valence-corrected chi connectivity index (χ3v) is 7.63. The first kappa shape index (κ1) is 32.2. The molecule has 0 heterocycles. The summed E-state index contributed by atoms with van der Waals surface area (Å²) in [4.78, 5) is 37.6. The van der Waals surface area contributed by atoms with Crippen LogP contribution in [0.25, 0.3) is 0 Å². The van der Waals surface area contributed by atoms with Crippen molar-refractivity contribution in [3.05, 3.63) is 0 Å². The molecule has 2 bridgehead atoms. The van der Waals surface area contributed by atoms with Gasteiger partial charge in [-0.2, -0.15) is 39.2 Å². The fourth-order valence-electron chi connectivity index (χ4n) is 4.77. The van der Waals surface area contributed by atoms with Crippen LogP contribution in [-0.4, -0.2) is 67.0 Å². The molecule has 2 aliphatic carbocycles. The Morgan fingerprint density at radius 1 is 1.00 bits per heavy atom. The Kier molecular flexibility index (Phi) is 9.52. The smallest absolute Gasteiger partial charge is 0.461 e. The zero-order valence-electron chi connectivity index (χ0n) is 20.2. The number of hydrogen-bond acceptors (Lipinski definition) is 8. The summed E-state index contributed by atoms with van der Waals surface area (Å²) in [7, 11) is -6.70. The molecule has 0 aromatic heterocycles. The van der Waals surface area contributed by atoms with E-state index >= 15 is 0 Å². The number of rotatable bonds is 11. The van der Waals surface area contributed by atoms with E-state index in [1.165, 1.54) is 0 Å². The number of ether oxygens (including phenoxy) is 3. The van der Waals surface area contributed by atoms with E-state index in [0.717, 1.165) is 6.92 Å². The summed E-state index contributed by atoms with van der Waals surface area (Å²) < 4.78 is 139. The van der Waals surface area contributed by atoms with Gasteiger partial charge in [-0.3, -0.25) is 14.1 Å². The van der Waals surface area contributed by atoms with Crippen molar-refractivity contribution >= 4 is 27.8 Å². The fraction of sp³-hybridized carbons (Fsp3) is 0.857. The molecule has 5 atom stereocenters. The van der Waals surface area contributed by atoms with Gasteiger partial charge in [-0.1, -0.05) is 6.92 Å². The number of esters is 2. The van der Waals surface area contributed by atoms with Crippen LogP contribution in [-0.2, 0) is 38.7 Å². The second-order valence-corrected chi connectivity index (χ2v) is 10.7. The largest absolute Gasteiger partial charge is 0.468 e. The highest BCUT2D eigenvalue weighted by Gasteiger charge is 2.69. The molecule has 5 unspecified atom stereocenters. The number of carbonyl (C=O) groups is 3. The molecule has 1 N–H and O–H groups in total. The Bertz CT molecular complexity index is 1020. The summed E-state index contributed by atoms with van der Waals surface area (Å²) in [5, 5.41) is -6.12. The van der Waals surface area contributed by atoms with Crippen LogP contribution in [0.5, 0.6) is 0 Å². The number of ketones is 1. The Labute approximate surface area is 213 Å². The number of Topliss-reactive ketones (excluding diaryl/α,β-unsaturated/α-hetero) is 1. The minimum Gasteiger partial charge on any atom is -0.461 e. The fourth-order valence-corrected chi connectivity index (χ4v) is 5.25. The van der Waals surface area contributed by atoms with Gasteiger partial charge in [-0.15, -0.1) is 0 Å². The lowest BCUT2D eigenvalue weighted by Gasteiger charge is -2.41. The second-order valence-electron chi connectivity index (χ2n) is 9.26. The maximum Gasteiger partial charge on any atom is 0.468 e. The predicted molar refractivity (Wildman–Crippen MR) is 111 cm³/mol. The van der Waals surface area contributed by atoms with E-state index in [9.17, 15) is 53.5 Å². The van der Waals surface area contributed by atoms with Crippen molar-refractivity contribution in [3.8, 4) is 0 Å². The molecule has 0 aliphatic heterocycles. The summed E-state index contributed by atoms with van der Waals surface area (Å²) >= 11 is 0. The van der Waals surface area contributed by atoms with Crippen LogP contribution in [0.3, 0.4) is 0 Å². The molecule has 0 radical (unpaired) electrons. The van der Waals surface area contributed by atoms with Crippen molar-refractivity contribution in [2.45, 2.75) is 75.5 Å². The molecule has 2 fully saturated rings. The molecule has 0 spiro atoms. The summed E-state index contributed by atoms with van der Waals surface area (Å²) in [6.45, 7) is 0.0319. The van der Waals surface area contributed by atoms with Crippen LogP contribution in [0, 0.1) is 23.7 Å². The first-order chi connectivity index (χ1) is 17.2. The zero-order chi connectivity index (χ0) is 29.3. The highest BCUT2D eigenvalue weighted by atomic mass is 32.2. The van der Waals surface area contributed by atoms with Gasteiger partial charge in [0, 0.05) is 18.3 Å². The van der Waals surface area contributed by atoms with Gasteiger partial charge < -0.3 is 14.2 Å². The molecule has 220 valence electrons. The van der Waals surface area contributed by atoms with E-state index in [4.69, 9.17) is 4.55 Å². The lowest BCUT2D eigenvalue weighted by atomic mass is 9.63. The minimum atomic E-state index is -6.70. The predicted octanol–water partition coefficient (Wildman–Crippen LogP) is 3.91. The van der Waals surface area contributed by atoms with Crippen molar-refractivity contribution in [1.29, 1.82) is 0 Å². The number of alkyl halides is 7. The number of carbonyl (C=O) groups excluding carboxylic acids is 3. The van der Waals surface area contributed by atoms with Gasteiger partial charge in [-0.25, -0.2) is 4.79 Å². The Hall–Kier alpha value is -2.01. The van der Waals surface area contributed by atoms with Crippen molar-refractivity contribution in [2.75, 3.05) is 13.2 Å². The molecule has 0 aromatic carbocycles. The van der Waals surface area contributed by atoms with Crippen LogP contribution in [0.4, 0.5) is 30.7 Å². The topological polar surface area (TPSA) is 133 Å². The van der Waals surface area contributed by atoms with Crippen LogP contribution in [0.15, 0.2) is 0 Å². The van der Waals surface area contributed by atoms with E-state index in [-0.39, 0.29) is 30.5 Å². The molecular formula is C21H27F7O9S. The highest BCUT2D eigenvalue weighted by molar-refractivity contribution is 7.87.